The van der Waals surface area contributed by atoms with Crippen molar-refractivity contribution in [3.8, 4) is 0 Å². The van der Waals surface area contributed by atoms with Gasteiger partial charge in [0.2, 0.25) is 0 Å². The Balaban J connectivity index is 2.83. The molecule has 1 N–H and O–H groups in total. The Kier molecular flexibility index (Phi) is 3.35. The van der Waals surface area contributed by atoms with E-state index in [9.17, 15) is 0 Å². The highest BCUT2D eigenvalue weighted by Crippen LogP contribution is 2.25. The Hall–Kier alpha value is -0.790. The number of allylic oxidation sites excluding steroid dienone is 2. The van der Waals surface area contributed by atoms with Crippen molar-refractivity contribution in [3.05, 3.63) is 11.3 Å². The number of hydrogen-bond donors (Lipinski definition) is 1. The molecule has 0 atom stereocenters. The van der Waals surface area contributed by atoms with Crippen LogP contribution in [0.5, 0.6) is 0 Å². The minimum atomic E-state index is 0.330. The predicted molar refractivity (Wildman–Crippen MR) is 62.5 cm³/mol. The lowest BCUT2D eigenvalue weighted by molar-refractivity contribution is 0.432. The molecule has 2 heteroatoms. The molecule has 1 rings (SSSR count). The second-order valence-electron chi connectivity index (χ2n) is 5.13. The van der Waals surface area contributed by atoms with Crippen molar-refractivity contribution in [2.45, 2.75) is 47.5 Å². The van der Waals surface area contributed by atoms with Crippen LogP contribution in [0.2, 0.25) is 0 Å². The zero-order valence-corrected chi connectivity index (χ0v) is 10.1. The molecule has 0 saturated heterocycles. The van der Waals surface area contributed by atoms with Gasteiger partial charge in [0.15, 0.2) is 0 Å². The fourth-order valence-corrected chi connectivity index (χ4v) is 1.81. The van der Waals surface area contributed by atoms with Gasteiger partial charge in [-0.15, -0.1) is 0 Å². The molecule has 0 fully saturated rings. The molecule has 1 aliphatic rings. The average Bonchev–Trinajstić information content (AvgIpc) is 2.01. The Morgan fingerprint density at radius 3 is 2.50 bits per heavy atom. The number of nitrogens with one attached hydrogen (secondary N) is 1. The summed E-state index contributed by atoms with van der Waals surface area (Å²) in [7, 11) is 0. The molecule has 1 heterocycles. The summed E-state index contributed by atoms with van der Waals surface area (Å²) in [6.07, 6.45) is 2.16. The third-order valence-electron chi connectivity index (χ3n) is 2.47. The summed E-state index contributed by atoms with van der Waals surface area (Å²) >= 11 is 0. The molecule has 80 valence electrons. The summed E-state index contributed by atoms with van der Waals surface area (Å²) in [6.45, 7) is 11.9. The van der Waals surface area contributed by atoms with Gasteiger partial charge >= 0.3 is 0 Å². The fourth-order valence-electron chi connectivity index (χ4n) is 1.81. The zero-order chi connectivity index (χ0) is 10.8. The Bertz CT molecular complexity index is 267. The summed E-state index contributed by atoms with van der Waals surface area (Å²) in [4.78, 5) is 4.57. The molecule has 2 nitrogen and oxygen atoms in total. The monoisotopic (exact) mass is 194 g/mol. The minimum Gasteiger partial charge on any atom is -0.370 e. The lowest BCUT2D eigenvalue weighted by atomic mass is 9.86. The highest BCUT2D eigenvalue weighted by atomic mass is 15.0. The molecule has 0 bridgehead atoms. The standard InChI is InChI=1S/C12H22N2/c1-6-10-9(2)13-8-14-11(10)7-12(3,4)5/h13H,6-8H2,1-5H3. The molecule has 0 unspecified atom stereocenters. The predicted octanol–water partition coefficient (Wildman–Crippen LogP) is 3.11. The van der Waals surface area contributed by atoms with Gasteiger partial charge in [-0.05, 0) is 30.8 Å². The highest BCUT2D eigenvalue weighted by molar-refractivity contribution is 6.01. The largest absolute Gasteiger partial charge is 0.370 e. The van der Waals surface area contributed by atoms with Gasteiger partial charge in [0, 0.05) is 11.4 Å². The second-order valence-corrected chi connectivity index (χ2v) is 5.13. The molecule has 0 amide bonds. The van der Waals surface area contributed by atoms with E-state index in [1.54, 1.807) is 0 Å². The van der Waals surface area contributed by atoms with Gasteiger partial charge < -0.3 is 5.32 Å². The normalized spacial score (nSPS) is 17.9. The van der Waals surface area contributed by atoms with Crippen LogP contribution in [-0.2, 0) is 0 Å². The van der Waals surface area contributed by atoms with Crippen LogP contribution in [0.25, 0.3) is 0 Å². The molecule has 1 aliphatic heterocycles. The lowest BCUT2D eigenvalue weighted by Crippen LogP contribution is -2.26. The maximum absolute atomic E-state index is 4.57. The van der Waals surface area contributed by atoms with Gasteiger partial charge in [-0.3, -0.25) is 4.99 Å². The lowest BCUT2D eigenvalue weighted by Gasteiger charge is -2.25. The third-order valence-corrected chi connectivity index (χ3v) is 2.47. The van der Waals surface area contributed by atoms with E-state index in [1.807, 2.05) is 0 Å². The van der Waals surface area contributed by atoms with Gasteiger partial charge in [0.25, 0.3) is 0 Å². The molecule has 0 aromatic heterocycles. The summed E-state index contributed by atoms with van der Waals surface area (Å²) in [5, 5.41) is 3.29. The third kappa shape index (κ3) is 2.86. The van der Waals surface area contributed by atoms with Gasteiger partial charge in [0.1, 0.15) is 6.67 Å². The van der Waals surface area contributed by atoms with Crippen LogP contribution in [0.3, 0.4) is 0 Å². The SMILES string of the molecule is CCC1=C(C)NCN=C1CC(C)(C)C. The fraction of sp³-hybridized carbons (Fsp3) is 0.750. The van der Waals surface area contributed by atoms with Crippen LogP contribution in [0.15, 0.2) is 16.3 Å². The van der Waals surface area contributed by atoms with Crippen molar-refractivity contribution in [1.29, 1.82) is 0 Å². The summed E-state index contributed by atoms with van der Waals surface area (Å²) < 4.78 is 0. The van der Waals surface area contributed by atoms with Crippen LogP contribution in [0, 0.1) is 5.41 Å². The van der Waals surface area contributed by atoms with Gasteiger partial charge in [-0.25, -0.2) is 0 Å². The van der Waals surface area contributed by atoms with E-state index in [0.717, 1.165) is 19.5 Å². The van der Waals surface area contributed by atoms with E-state index in [2.05, 4.69) is 44.9 Å². The van der Waals surface area contributed by atoms with E-state index in [1.165, 1.54) is 17.0 Å². The topological polar surface area (TPSA) is 24.4 Å². The van der Waals surface area contributed by atoms with Crippen LogP contribution in [-0.4, -0.2) is 12.4 Å². The van der Waals surface area contributed by atoms with E-state index in [-0.39, 0.29) is 0 Å². The van der Waals surface area contributed by atoms with Crippen LogP contribution in [0.4, 0.5) is 0 Å². The highest BCUT2D eigenvalue weighted by Gasteiger charge is 2.19. The molecule has 0 saturated carbocycles. The van der Waals surface area contributed by atoms with Gasteiger partial charge in [-0.2, -0.15) is 0 Å². The van der Waals surface area contributed by atoms with Crippen molar-refractivity contribution in [3.63, 3.8) is 0 Å². The van der Waals surface area contributed by atoms with Crippen molar-refractivity contribution < 1.29 is 0 Å². The number of hydrogen-bond acceptors (Lipinski definition) is 2. The van der Waals surface area contributed by atoms with Gasteiger partial charge in [0.05, 0.1) is 0 Å². The smallest absolute Gasteiger partial charge is 0.107 e. The first-order valence-corrected chi connectivity index (χ1v) is 5.41. The minimum absolute atomic E-state index is 0.330. The molecule has 0 aliphatic carbocycles. The van der Waals surface area contributed by atoms with E-state index < -0.39 is 0 Å². The number of rotatable bonds is 2. The van der Waals surface area contributed by atoms with E-state index in [4.69, 9.17) is 0 Å². The first-order chi connectivity index (χ1) is 6.44. The van der Waals surface area contributed by atoms with Crippen LogP contribution < -0.4 is 5.32 Å². The summed E-state index contributed by atoms with van der Waals surface area (Å²) in [5.74, 6) is 0. The summed E-state index contributed by atoms with van der Waals surface area (Å²) in [5.41, 5.74) is 4.35. The molecule has 14 heavy (non-hydrogen) atoms. The second kappa shape index (κ2) is 4.16. The van der Waals surface area contributed by atoms with Crippen molar-refractivity contribution in [2.24, 2.45) is 10.4 Å². The summed E-state index contributed by atoms with van der Waals surface area (Å²) in [6, 6.07) is 0. The maximum Gasteiger partial charge on any atom is 0.107 e. The molecule has 0 aromatic carbocycles. The number of nitrogens with zero attached hydrogens (tertiary/aromatic N) is 1. The molecule has 0 spiro atoms. The first kappa shape index (κ1) is 11.3. The average molecular weight is 194 g/mol. The molecular weight excluding hydrogens is 172 g/mol. The Morgan fingerprint density at radius 2 is 2.00 bits per heavy atom. The van der Waals surface area contributed by atoms with E-state index in [0.29, 0.717) is 5.41 Å². The Labute approximate surface area is 87.5 Å². The van der Waals surface area contributed by atoms with Crippen LogP contribution in [0.1, 0.15) is 47.5 Å². The molecular formula is C12H22N2. The van der Waals surface area contributed by atoms with Crippen molar-refractivity contribution in [2.75, 3.05) is 6.67 Å². The number of aliphatic imine (C=N–C) groups is 1. The Morgan fingerprint density at radius 1 is 1.36 bits per heavy atom. The van der Waals surface area contributed by atoms with Crippen LogP contribution >= 0.6 is 0 Å². The van der Waals surface area contributed by atoms with Gasteiger partial charge in [-0.1, -0.05) is 27.7 Å². The maximum atomic E-state index is 4.57. The quantitative estimate of drug-likeness (QED) is 0.717. The van der Waals surface area contributed by atoms with E-state index >= 15 is 0 Å². The first-order valence-electron chi connectivity index (χ1n) is 5.41. The van der Waals surface area contributed by atoms with Crippen molar-refractivity contribution >= 4 is 5.71 Å². The molecule has 0 radical (unpaired) electrons. The molecule has 0 aromatic rings. The van der Waals surface area contributed by atoms with Crippen molar-refractivity contribution in [1.82, 2.24) is 5.32 Å². The zero-order valence-electron chi connectivity index (χ0n) is 10.1.